The Bertz CT molecular complexity index is 1460. The lowest BCUT2D eigenvalue weighted by molar-refractivity contribution is 0.415. The minimum atomic E-state index is 0.322. The highest BCUT2D eigenvalue weighted by Crippen LogP contribution is 2.22. The van der Waals surface area contributed by atoms with Gasteiger partial charge in [-0.1, -0.05) is 189 Å². The molecule has 2 heteroatoms. The smallest absolute Gasteiger partial charge is 0.118 e. The van der Waals surface area contributed by atoms with Crippen LogP contribution in [0.3, 0.4) is 0 Å². The van der Waals surface area contributed by atoms with Crippen LogP contribution in [0, 0.1) is 0 Å². The van der Waals surface area contributed by atoms with Gasteiger partial charge in [0, 0.05) is 0 Å². The van der Waals surface area contributed by atoms with Crippen LogP contribution in [-0.4, -0.2) is 12.2 Å². The van der Waals surface area contributed by atoms with Crippen LogP contribution in [-0.2, 0) is 25.7 Å². The molecule has 0 aliphatic carbocycles. The minimum Gasteiger partial charge on any atom is -0.508 e. The van der Waals surface area contributed by atoms with Crippen LogP contribution < -0.4 is 4.74 Å². The van der Waals surface area contributed by atoms with Crippen molar-refractivity contribution in [3.8, 4) is 33.8 Å². The van der Waals surface area contributed by atoms with Gasteiger partial charge in [-0.3, -0.25) is 0 Å². The molecule has 0 spiro atoms. The molecule has 0 saturated carbocycles. The first-order chi connectivity index (χ1) is 25.0. The molecule has 2 nitrogen and oxygen atoms in total. The van der Waals surface area contributed by atoms with Gasteiger partial charge >= 0.3 is 0 Å². The van der Waals surface area contributed by atoms with E-state index in [1.54, 1.807) is 31.4 Å². The molecule has 51 heavy (non-hydrogen) atoms. The third-order valence-corrected chi connectivity index (χ3v) is 7.85. The Morgan fingerprint density at radius 2 is 0.588 bits per heavy atom. The molecule has 0 atom stereocenters. The molecule has 0 aliphatic rings. The summed E-state index contributed by atoms with van der Waals surface area (Å²) in [6, 6.07) is 53.7. The van der Waals surface area contributed by atoms with Crippen molar-refractivity contribution in [3.05, 3.63) is 180 Å². The lowest BCUT2D eigenvalue weighted by atomic mass is 10.0. The molecule has 0 bridgehead atoms. The summed E-state index contributed by atoms with van der Waals surface area (Å²) in [6.45, 7) is 16.7. The van der Waals surface area contributed by atoms with E-state index in [4.69, 9.17) is 9.84 Å². The van der Waals surface area contributed by atoms with Crippen molar-refractivity contribution in [2.75, 3.05) is 7.11 Å². The van der Waals surface area contributed by atoms with Gasteiger partial charge in [0.15, 0.2) is 0 Å². The van der Waals surface area contributed by atoms with E-state index in [9.17, 15) is 0 Å². The molecule has 0 heterocycles. The van der Waals surface area contributed by atoms with Gasteiger partial charge in [-0.2, -0.15) is 0 Å². The summed E-state index contributed by atoms with van der Waals surface area (Å²) in [5.74, 6) is 1.23. The molecule has 1 N–H and O–H groups in total. The van der Waals surface area contributed by atoms with Crippen LogP contribution in [0.25, 0.3) is 22.3 Å². The molecular formula is C49H62O2. The lowest BCUT2D eigenvalue weighted by Gasteiger charge is -2.04. The van der Waals surface area contributed by atoms with E-state index in [0.717, 1.165) is 31.4 Å². The largest absolute Gasteiger partial charge is 0.508 e. The summed E-state index contributed by atoms with van der Waals surface area (Å²) in [6.07, 6.45) is 4.42. The van der Waals surface area contributed by atoms with Gasteiger partial charge in [0.1, 0.15) is 11.5 Å². The van der Waals surface area contributed by atoms with Crippen LogP contribution in [0.15, 0.2) is 158 Å². The van der Waals surface area contributed by atoms with Gasteiger partial charge in [-0.05, 0) is 94.5 Å². The third-order valence-electron chi connectivity index (χ3n) is 7.85. The quantitative estimate of drug-likeness (QED) is 0.182. The molecule has 0 saturated heterocycles. The number of methoxy groups -OCH3 is 1. The number of rotatable bonds is 7. The number of aromatic hydroxyl groups is 1. The molecule has 6 rings (SSSR count). The normalized spacial score (nSPS) is 9.27. The van der Waals surface area contributed by atoms with Crippen molar-refractivity contribution in [2.24, 2.45) is 0 Å². The van der Waals surface area contributed by atoms with Crippen molar-refractivity contribution in [3.63, 3.8) is 0 Å². The van der Waals surface area contributed by atoms with Crippen molar-refractivity contribution in [1.29, 1.82) is 0 Å². The summed E-state index contributed by atoms with van der Waals surface area (Å²) < 4.78 is 4.91. The van der Waals surface area contributed by atoms with E-state index in [0.29, 0.717) is 5.75 Å². The maximum Gasteiger partial charge on any atom is 0.118 e. The number of hydrogen-bond acceptors (Lipinski definition) is 2. The standard InChI is InChI=1S/2C16H18.C7H8O.C6H6O.2C2H6/c2*1-3-13-5-9-15(10-6-13)16-11-7-14(4-2)8-12-16;1-8-7-5-3-2-4-6-7;7-6-4-2-1-3-5-6;2*1-2/h2*5-12H,3-4H2,1-2H3;2-6H,1H3;1-5,7H;2*1-2H3. The fourth-order valence-corrected chi connectivity index (χ4v) is 4.72. The first-order valence-electron chi connectivity index (χ1n) is 18.7. The summed E-state index contributed by atoms with van der Waals surface area (Å²) >= 11 is 0. The van der Waals surface area contributed by atoms with E-state index in [1.165, 1.54) is 44.5 Å². The summed E-state index contributed by atoms with van der Waals surface area (Å²) in [7, 11) is 1.66. The highest BCUT2D eigenvalue weighted by Gasteiger charge is 1.99. The zero-order chi connectivity index (χ0) is 37.7. The minimum absolute atomic E-state index is 0.322. The number of hydrogen-bond donors (Lipinski definition) is 1. The number of phenolic OH excluding ortho intramolecular Hbond substituents is 1. The summed E-state index contributed by atoms with van der Waals surface area (Å²) in [4.78, 5) is 0. The summed E-state index contributed by atoms with van der Waals surface area (Å²) in [5.41, 5.74) is 10.8. The van der Waals surface area contributed by atoms with Gasteiger partial charge in [0.25, 0.3) is 0 Å². The molecule has 6 aromatic carbocycles. The second-order valence-electron chi connectivity index (χ2n) is 11.1. The van der Waals surface area contributed by atoms with Gasteiger partial charge in [-0.15, -0.1) is 0 Å². The number of para-hydroxylation sites is 2. The fraction of sp³-hybridized carbons (Fsp3) is 0.265. The first kappa shape index (κ1) is 43.9. The summed E-state index contributed by atoms with van der Waals surface area (Å²) in [5, 5.41) is 8.63. The average Bonchev–Trinajstić information content (AvgIpc) is 3.24. The highest BCUT2D eigenvalue weighted by molar-refractivity contribution is 5.64. The molecule has 0 aromatic heterocycles. The Hall–Kier alpha value is -5.08. The monoisotopic (exact) mass is 682 g/mol. The molecule has 6 aromatic rings. The average molecular weight is 683 g/mol. The Labute approximate surface area is 310 Å². The number of aryl methyl sites for hydroxylation is 4. The fourth-order valence-electron chi connectivity index (χ4n) is 4.72. The predicted octanol–water partition coefficient (Wildman–Crippen LogP) is 14.1. The van der Waals surface area contributed by atoms with E-state index in [1.807, 2.05) is 64.1 Å². The predicted molar refractivity (Wildman–Crippen MR) is 225 cm³/mol. The number of phenols is 1. The molecule has 270 valence electrons. The maximum absolute atomic E-state index is 8.63. The molecule has 0 radical (unpaired) electrons. The van der Waals surface area contributed by atoms with Gasteiger partial charge in [0.2, 0.25) is 0 Å². The van der Waals surface area contributed by atoms with Gasteiger partial charge in [0.05, 0.1) is 7.11 Å². The number of ether oxygens (including phenoxy) is 1. The highest BCUT2D eigenvalue weighted by atomic mass is 16.5. The van der Waals surface area contributed by atoms with Crippen molar-refractivity contribution in [1.82, 2.24) is 0 Å². The Kier molecular flexibility index (Phi) is 23.9. The Morgan fingerprint density at radius 1 is 0.353 bits per heavy atom. The van der Waals surface area contributed by atoms with Crippen LogP contribution in [0.5, 0.6) is 11.5 Å². The molecular weight excluding hydrogens is 621 g/mol. The van der Waals surface area contributed by atoms with Gasteiger partial charge < -0.3 is 9.84 Å². The Morgan fingerprint density at radius 3 is 0.745 bits per heavy atom. The van der Waals surface area contributed by atoms with E-state index < -0.39 is 0 Å². The maximum atomic E-state index is 8.63. The van der Waals surface area contributed by atoms with Crippen molar-refractivity contribution >= 4 is 0 Å². The third kappa shape index (κ3) is 17.4. The molecule has 0 fully saturated rings. The van der Waals surface area contributed by atoms with Crippen molar-refractivity contribution in [2.45, 2.75) is 81.1 Å². The SMILES string of the molecule is CC.CC.CCc1ccc(-c2ccc(CC)cc2)cc1.CCc1ccc(-c2ccc(CC)cc2)cc1.COc1ccccc1.Oc1ccccc1. The van der Waals surface area contributed by atoms with E-state index in [2.05, 4.69) is 125 Å². The van der Waals surface area contributed by atoms with Crippen LogP contribution in [0.4, 0.5) is 0 Å². The number of benzene rings is 6. The second kappa shape index (κ2) is 27.7. The molecule has 0 amide bonds. The second-order valence-corrected chi connectivity index (χ2v) is 11.1. The molecule has 0 aliphatic heterocycles. The topological polar surface area (TPSA) is 29.5 Å². The zero-order valence-electron chi connectivity index (χ0n) is 32.7. The van der Waals surface area contributed by atoms with E-state index >= 15 is 0 Å². The van der Waals surface area contributed by atoms with Crippen LogP contribution in [0.2, 0.25) is 0 Å². The van der Waals surface area contributed by atoms with Crippen LogP contribution in [0.1, 0.15) is 77.6 Å². The molecule has 0 unspecified atom stereocenters. The lowest BCUT2D eigenvalue weighted by Crippen LogP contribution is -1.83. The van der Waals surface area contributed by atoms with Crippen LogP contribution >= 0.6 is 0 Å². The van der Waals surface area contributed by atoms with Crippen molar-refractivity contribution < 1.29 is 9.84 Å². The zero-order valence-corrected chi connectivity index (χ0v) is 32.7. The Balaban J connectivity index is 0.000000346. The van der Waals surface area contributed by atoms with Gasteiger partial charge in [-0.25, -0.2) is 0 Å². The van der Waals surface area contributed by atoms with E-state index in [-0.39, 0.29) is 0 Å². The first-order valence-corrected chi connectivity index (χ1v) is 18.7.